The SMILES string of the molecule is COc1ccc(/C(=C\c2cccc(F)c2)C(=O)N2CCc3ccc(C(=O)NO)cc3C2)cc1OC. The molecule has 35 heavy (non-hydrogen) atoms. The van der Waals surface area contributed by atoms with Crippen LogP contribution >= 0.6 is 0 Å². The lowest BCUT2D eigenvalue weighted by atomic mass is 9.95. The topological polar surface area (TPSA) is 88.1 Å². The van der Waals surface area contributed by atoms with E-state index in [9.17, 15) is 14.0 Å². The molecule has 7 nitrogen and oxygen atoms in total. The molecule has 0 radical (unpaired) electrons. The Morgan fingerprint density at radius 2 is 1.74 bits per heavy atom. The zero-order valence-corrected chi connectivity index (χ0v) is 19.4. The van der Waals surface area contributed by atoms with Crippen molar-refractivity contribution in [2.45, 2.75) is 13.0 Å². The minimum atomic E-state index is -0.617. The highest BCUT2D eigenvalue weighted by Crippen LogP contribution is 2.33. The Bertz CT molecular complexity index is 1300. The van der Waals surface area contributed by atoms with Crippen molar-refractivity contribution in [2.24, 2.45) is 0 Å². The maximum atomic E-state index is 13.9. The highest BCUT2D eigenvalue weighted by molar-refractivity contribution is 6.24. The molecule has 2 N–H and O–H groups in total. The molecule has 3 aromatic carbocycles. The van der Waals surface area contributed by atoms with Gasteiger partial charge in [-0.2, -0.15) is 0 Å². The normalized spacial score (nSPS) is 13.1. The molecule has 3 aromatic rings. The molecule has 4 rings (SSSR count). The number of benzene rings is 3. The van der Waals surface area contributed by atoms with Crippen LogP contribution in [-0.2, 0) is 17.8 Å². The van der Waals surface area contributed by atoms with Crippen LogP contribution in [0.4, 0.5) is 4.39 Å². The van der Waals surface area contributed by atoms with Crippen LogP contribution in [0.5, 0.6) is 11.5 Å². The van der Waals surface area contributed by atoms with Gasteiger partial charge in [0, 0.05) is 24.2 Å². The first-order valence-corrected chi connectivity index (χ1v) is 11.0. The summed E-state index contributed by atoms with van der Waals surface area (Å²) in [5.41, 5.74) is 5.29. The second-order valence-electron chi connectivity index (χ2n) is 8.08. The highest BCUT2D eigenvalue weighted by atomic mass is 19.1. The van der Waals surface area contributed by atoms with E-state index in [0.29, 0.717) is 46.7 Å². The lowest BCUT2D eigenvalue weighted by Crippen LogP contribution is -2.36. The zero-order chi connectivity index (χ0) is 24.9. The third-order valence-corrected chi connectivity index (χ3v) is 5.95. The van der Waals surface area contributed by atoms with Gasteiger partial charge in [-0.15, -0.1) is 0 Å². The van der Waals surface area contributed by atoms with Crippen molar-refractivity contribution in [1.82, 2.24) is 10.4 Å². The molecule has 0 atom stereocenters. The molecule has 0 bridgehead atoms. The van der Waals surface area contributed by atoms with E-state index in [1.165, 1.54) is 26.4 Å². The van der Waals surface area contributed by atoms with Crippen molar-refractivity contribution in [2.75, 3.05) is 20.8 Å². The summed E-state index contributed by atoms with van der Waals surface area (Å²) < 4.78 is 24.6. The Morgan fingerprint density at radius 1 is 0.971 bits per heavy atom. The molecule has 8 heteroatoms. The van der Waals surface area contributed by atoms with E-state index in [2.05, 4.69) is 0 Å². The molecule has 180 valence electrons. The summed E-state index contributed by atoms with van der Waals surface area (Å²) in [5.74, 6) is -0.279. The third kappa shape index (κ3) is 5.17. The van der Waals surface area contributed by atoms with Crippen LogP contribution in [0.25, 0.3) is 11.6 Å². The molecule has 0 saturated heterocycles. The number of hydroxylamine groups is 1. The number of hydrogen-bond acceptors (Lipinski definition) is 5. The fourth-order valence-corrected chi connectivity index (χ4v) is 4.14. The molecular weight excluding hydrogens is 451 g/mol. The predicted molar refractivity (Wildman–Crippen MR) is 129 cm³/mol. The fraction of sp³-hybridized carbons (Fsp3) is 0.185. The lowest BCUT2D eigenvalue weighted by Gasteiger charge is -2.30. The van der Waals surface area contributed by atoms with Gasteiger partial charge in [-0.1, -0.05) is 24.3 Å². The van der Waals surface area contributed by atoms with Crippen LogP contribution < -0.4 is 15.0 Å². The first-order valence-electron chi connectivity index (χ1n) is 11.0. The summed E-state index contributed by atoms with van der Waals surface area (Å²) in [6.07, 6.45) is 2.26. The molecule has 1 aliphatic rings. The average molecular weight is 477 g/mol. The number of nitrogens with zero attached hydrogens (tertiary/aromatic N) is 1. The minimum absolute atomic E-state index is 0.246. The molecule has 0 unspecified atom stereocenters. The van der Waals surface area contributed by atoms with E-state index >= 15 is 0 Å². The summed E-state index contributed by atoms with van der Waals surface area (Å²) in [5, 5.41) is 8.95. The van der Waals surface area contributed by atoms with Crippen LogP contribution in [0, 0.1) is 5.82 Å². The number of nitrogens with one attached hydrogen (secondary N) is 1. The Morgan fingerprint density at radius 3 is 2.46 bits per heavy atom. The van der Waals surface area contributed by atoms with Gasteiger partial charge in [0.25, 0.3) is 11.8 Å². The van der Waals surface area contributed by atoms with Crippen molar-refractivity contribution < 1.29 is 28.7 Å². The number of methoxy groups -OCH3 is 2. The van der Waals surface area contributed by atoms with Gasteiger partial charge in [0.1, 0.15) is 5.82 Å². The summed E-state index contributed by atoms with van der Waals surface area (Å²) in [6.45, 7) is 0.764. The quantitative estimate of drug-likeness (QED) is 0.242. The van der Waals surface area contributed by atoms with Gasteiger partial charge in [0.05, 0.1) is 14.2 Å². The minimum Gasteiger partial charge on any atom is -0.493 e. The molecule has 0 fully saturated rings. The van der Waals surface area contributed by atoms with E-state index in [0.717, 1.165) is 11.1 Å². The van der Waals surface area contributed by atoms with Crippen LogP contribution in [0.15, 0.2) is 60.7 Å². The number of fused-ring (bicyclic) bond motifs is 1. The molecule has 1 aliphatic heterocycles. The first-order chi connectivity index (χ1) is 16.9. The number of carbonyl (C=O) groups excluding carboxylic acids is 2. The summed E-state index contributed by atoms with van der Waals surface area (Å²) in [6, 6.07) is 16.3. The van der Waals surface area contributed by atoms with Gasteiger partial charge in [0.2, 0.25) is 0 Å². The number of halogens is 1. The first kappa shape index (κ1) is 24.0. The van der Waals surface area contributed by atoms with Crippen LogP contribution in [0.2, 0.25) is 0 Å². The number of hydrogen-bond donors (Lipinski definition) is 2. The lowest BCUT2D eigenvalue weighted by molar-refractivity contribution is -0.125. The van der Waals surface area contributed by atoms with E-state index in [1.807, 2.05) is 6.07 Å². The molecule has 0 aromatic heterocycles. The van der Waals surface area contributed by atoms with Gasteiger partial charge >= 0.3 is 0 Å². The summed E-state index contributed by atoms with van der Waals surface area (Å²) in [4.78, 5) is 27.3. The largest absolute Gasteiger partial charge is 0.493 e. The fourth-order valence-electron chi connectivity index (χ4n) is 4.14. The number of carbonyl (C=O) groups is 2. The molecule has 1 heterocycles. The second kappa shape index (κ2) is 10.4. The zero-order valence-electron chi connectivity index (χ0n) is 19.4. The van der Waals surface area contributed by atoms with Gasteiger partial charge in [0.15, 0.2) is 11.5 Å². The molecule has 0 spiro atoms. The van der Waals surface area contributed by atoms with Crippen LogP contribution in [0.1, 0.15) is 32.6 Å². The maximum absolute atomic E-state index is 13.9. The number of rotatable bonds is 6. The van der Waals surface area contributed by atoms with Crippen molar-refractivity contribution >= 4 is 23.5 Å². The van der Waals surface area contributed by atoms with Gasteiger partial charge in [-0.25, -0.2) is 9.87 Å². The Hall–Kier alpha value is -4.17. The van der Waals surface area contributed by atoms with Gasteiger partial charge in [-0.3, -0.25) is 14.8 Å². The van der Waals surface area contributed by atoms with Crippen LogP contribution in [0.3, 0.4) is 0 Å². The van der Waals surface area contributed by atoms with E-state index in [4.69, 9.17) is 14.7 Å². The average Bonchev–Trinajstić information content (AvgIpc) is 2.89. The molecular formula is C27H25FN2O5. The molecule has 2 amide bonds. The van der Waals surface area contributed by atoms with Gasteiger partial charge < -0.3 is 14.4 Å². The van der Waals surface area contributed by atoms with Crippen molar-refractivity contribution in [1.29, 1.82) is 0 Å². The standard InChI is InChI=1S/C27H25FN2O5/c1-34-24-9-8-19(15-25(24)35-2)23(13-17-4-3-5-22(28)12-17)27(32)30-11-10-18-6-7-20(26(31)29-33)14-21(18)16-30/h3-9,12-15,33H,10-11,16H2,1-2H3,(H,29,31)/b23-13+. The van der Waals surface area contributed by atoms with Gasteiger partial charge in [-0.05, 0) is 71.1 Å². The third-order valence-electron chi connectivity index (χ3n) is 5.95. The predicted octanol–water partition coefficient (Wildman–Crippen LogP) is 4.09. The second-order valence-corrected chi connectivity index (χ2v) is 8.08. The summed E-state index contributed by atoms with van der Waals surface area (Å²) in [7, 11) is 3.05. The van der Waals surface area contributed by atoms with Crippen molar-refractivity contribution in [3.63, 3.8) is 0 Å². The van der Waals surface area contributed by atoms with Crippen molar-refractivity contribution in [3.8, 4) is 11.5 Å². The summed E-state index contributed by atoms with van der Waals surface area (Å²) >= 11 is 0. The van der Waals surface area contributed by atoms with Crippen LogP contribution in [-0.4, -0.2) is 42.7 Å². The van der Waals surface area contributed by atoms with E-state index in [-0.39, 0.29) is 12.5 Å². The smallest absolute Gasteiger partial charge is 0.274 e. The highest BCUT2D eigenvalue weighted by Gasteiger charge is 2.25. The van der Waals surface area contributed by atoms with E-state index in [1.54, 1.807) is 58.9 Å². The molecule has 0 aliphatic carbocycles. The van der Waals surface area contributed by atoms with Crippen molar-refractivity contribution in [3.05, 3.63) is 94.3 Å². The Kier molecular flexibility index (Phi) is 7.12. The molecule has 0 saturated carbocycles. The number of amides is 2. The van der Waals surface area contributed by atoms with E-state index < -0.39 is 11.7 Å². The number of ether oxygens (including phenoxy) is 2. The maximum Gasteiger partial charge on any atom is 0.274 e. The monoisotopic (exact) mass is 476 g/mol. The Balaban J connectivity index is 1.73. The Labute approximate surface area is 202 Å².